The van der Waals surface area contributed by atoms with Gasteiger partial charge in [-0.2, -0.15) is 0 Å². The highest BCUT2D eigenvalue weighted by Crippen LogP contribution is 2.56. The van der Waals surface area contributed by atoms with E-state index in [1.807, 2.05) is 55.4 Å². The van der Waals surface area contributed by atoms with E-state index in [9.17, 15) is 34.8 Å². The number of anilines is 1. The van der Waals surface area contributed by atoms with Crippen LogP contribution in [0.2, 0.25) is 0 Å². The predicted molar refractivity (Wildman–Crippen MR) is 149 cm³/mol. The number of phenols is 1. The number of nitrogens with two attached hydrogens (primary N) is 1. The normalized spacial score (nSPS) is 27.9. The van der Waals surface area contributed by atoms with E-state index in [2.05, 4.69) is 0 Å². The smallest absolute Gasteiger partial charge is 0.255 e. The summed E-state index contributed by atoms with van der Waals surface area (Å²) in [6.07, 6.45) is 0.214. The molecule has 0 aromatic heterocycles. The first kappa shape index (κ1) is 27.4. The van der Waals surface area contributed by atoms with Crippen LogP contribution < -0.4 is 10.6 Å². The summed E-state index contributed by atoms with van der Waals surface area (Å²) in [5.41, 5.74) is 4.24. The number of carbonyl (C=O) groups is 3. The van der Waals surface area contributed by atoms with Gasteiger partial charge in [-0.3, -0.25) is 19.3 Å². The lowest BCUT2D eigenvalue weighted by Gasteiger charge is -2.53. The average Bonchev–Trinajstić information content (AvgIpc) is 2.88. The van der Waals surface area contributed by atoms with Gasteiger partial charge in [-0.15, -0.1) is 0 Å². The van der Waals surface area contributed by atoms with Crippen molar-refractivity contribution in [2.75, 3.05) is 33.1 Å². The zero-order valence-electron chi connectivity index (χ0n) is 23.0. The summed E-state index contributed by atoms with van der Waals surface area (Å²) in [5.74, 6) is -7.37. The molecule has 5 atom stereocenters. The molecule has 210 valence electrons. The number of hydrogen-bond donors (Lipinski definition) is 5. The summed E-state index contributed by atoms with van der Waals surface area (Å²) in [6, 6.07) is 9.78. The molecule has 10 nitrogen and oxygen atoms in total. The number of aliphatic hydroxyl groups is 3. The standard InChI is InChI=1S/C30H33N3O7/c1-13-15-11-17-18(32(2)3)12-16(14-9-7-6-8-10-14)24(34)19(17)25(35)20(15)27(37)30(40)22(13)23(33(4)5)26(36)21(28(30)38)29(31)39/h6-10,12-13,15,22-23,34-35,38,40H,11H2,1-5H3,(H2,31,39)/t13-,15-,22-,23-,30-/m1/s1. The maximum Gasteiger partial charge on any atom is 0.255 e. The highest BCUT2D eigenvalue weighted by Gasteiger charge is 2.66. The highest BCUT2D eigenvalue weighted by atomic mass is 16.3. The van der Waals surface area contributed by atoms with E-state index < -0.39 is 64.0 Å². The Kier molecular flexibility index (Phi) is 6.31. The number of aliphatic hydroxyl groups excluding tert-OH is 2. The van der Waals surface area contributed by atoms with Gasteiger partial charge >= 0.3 is 0 Å². The first-order valence-electron chi connectivity index (χ1n) is 13.0. The van der Waals surface area contributed by atoms with E-state index >= 15 is 0 Å². The molecule has 5 rings (SSSR count). The van der Waals surface area contributed by atoms with Crippen LogP contribution in [0.3, 0.4) is 0 Å². The minimum atomic E-state index is -2.69. The van der Waals surface area contributed by atoms with Crippen molar-refractivity contribution in [1.82, 2.24) is 4.90 Å². The fourth-order valence-electron chi connectivity index (χ4n) is 6.93. The van der Waals surface area contributed by atoms with Gasteiger partial charge in [0.05, 0.1) is 11.6 Å². The van der Waals surface area contributed by atoms with E-state index in [0.717, 1.165) is 5.69 Å². The van der Waals surface area contributed by atoms with Gasteiger partial charge in [-0.1, -0.05) is 37.3 Å². The van der Waals surface area contributed by atoms with Crippen LogP contribution in [0.25, 0.3) is 16.9 Å². The van der Waals surface area contributed by atoms with Crippen molar-refractivity contribution < 1.29 is 34.8 Å². The number of aromatic hydroxyl groups is 1. The number of ketones is 2. The number of carbonyl (C=O) groups excluding carboxylic acids is 3. The molecule has 0 aliphatic heterocycles. The van der Waals surface area contributed by atoms with Crippen molar-refractivity contribution in [3.8, 4) is 16.9 Å². The maximum absolute atomic E-state index is 14.2. The number of benzene rings is 2. The van der Waals surface area contributed by atoms with Crippen LogP contribution >= 0.6 is 0 Å². The number of hydrogen-bond acceptors (Lipinski definition) is 9. The fourth-order valence-corrected chi connectivity index (χ4v) is 6.93. The second-order valence-corrected chi connectivity index (χ2v) is 11.3. The van der Waals surface area contributed by atoms with Crippen LogP contribution in [-0.4, -0.2) is 82.6 Å². The van der Waals surface area contributed by atoms with Crippen LogP contribution in [0.5, 0.6) is 5.75 Å². The lowest BCUT2D eigenvalue weighted by atomic mass is 9.53. The molecule has 6 N–H and O–H groups in total. The third-order valence-electron chi connectivity index (χ3n) is 8.77. The first-order valence-corrected chi connectivity index (χ1v) is 13.0. The van der Waals surface area contributed by atoms with Crippen molar-refractivity contribution >= 4 is 28.9 Å². The summed E-state index contributed by atoms with van der Waals surface area (Å²) < 4.78 is 0. The first-order chi connectivity index (χ1) is 18.7. The number of amides is 1. The Labute approximate surface area is 231 Å². The molecule has 0 radical (unpaired) electrons. The van der Waals surface area contributed by atoms with E-state index in [4.69, 9.17) is 5.73 Å². The highest BCUT2D eigenvalue weighted by molar-refractivity contribution is 6.24. The molecule has 0 unspecified atom stereocenters. The molecule has 40 heavy (non-hydrogen) atoms. The third-order valence-corrected chi connectivity index (χ3v) is 8.77. The van der Waals surface area contributed by atoms with Crippen LogP contribution in [-0.2, 0) is 20.8 Å². The third kappa shape index (κ3) is 3.52. The van der Waals surface area contributed by atoms with Crippen LogP contribution in [0.4, 0.5) is 5.69 Å². The van der Waals surface area contributed by atoms with E-state index in [1.54, 1.807) is 21.0 Å². The van der Waals surface area contributed by atoms with Crippen molar-refractivity contribution in [3.05, 3.63) is 64.4 Å². The lowest BCUT2D eigenvalue weighted by Crippen LogP contribution is -2.68. The van der Waals surface area contributed by atoms with Crippen LogP contribution in [0.1, 0.15) is 18.1 Å². The number of likely N-dealkylation sites (N-methyl/N-ethyl adjacent to an activating group) is 1. The molecule has 3 aliphatic rings. The Morgan fingerprint density at radius 3 is 2.23 bits per heavy atom. The number of fused-ring (bicyclic) bond motifs is 3. The Balaban J connectivity index is 1.82. The van der Waals surface area contributed by atoms with Crippen molar-refractivity contribution in [2.45, 2.75) is 25.0 Å². The molecule has 0 spiro atoms. The van der Waals surface area contributed by atoms with E-state index in [0.29, 0.717) is 16.7 Å². The molecule has 10 heteroatoms. The van der Waals surface area contributed by atoms with Gasteiger partial charge in [0, 0.05) is 36.8 Å². The Morgan fingerprint density at radius 2 is 1.68 bits per heavy atom. The summed E-state index contributed by atoms with van der Waals surface area (Å²) in [4.78, 5) is 43.1. The number of phenolic OH excluding ortho intramolecular Hbond substituents is 1. The largest absolute Gasteiger partial charge is 0.508 e. The predicted octanol–water partition coefficient (Wildman–Crippen LogP) is 1.94. The zero-order chi connectivity index (χ0) is 29.4. The summed E-state index contributed by atoms with van der Waals surface area (Å²) in [6.45, 7) is 1.74. The van der Waals surface area contributed by atoms with Crippen LogP contribution in [0, 0.1) is 17.8 Å². The van der Waals surface area contributed by atoms with Crippen molar-refractivity contribution in [1.29, 1.82) is 0 Å². The molecular weight excluding hydrogens is 514 g/mol. The number of nitrogens with zero attached hydrogens (tertiary/aromatic N) is 2. The number of rotatable bonds is 4. The van der Waals surface area contributed by atoms with Gasteiger partial charge in [0.2, 0.25) is 5.78 Å². The minimum Gasteiger partial charge on any atom is -0.508 e. The molecule has 3 aliphatic carbocycles. The maximum atomic E-state index is 14.2. The molecule has 0 saturated heterocycles. The molecular formula is C30H33N3O7. The van der Waals surface area contributed by atoms with Crippen molar-refractivity contribution in [2.24, 2.45) is 23.5 Å². The number of Topliss-reactive ketones (excluding diaryl/α,β-unsaturated/α-hetero) is 2. The molecule has 0 heterocycles. The summed E-state index contributed by atoms with van der Waals surface area (Å²) in [5, 5.41) is 46.2. The quantitative estimate of drug-likeness (QED) is 0.360. The SMILES string of the molecule is C[C@H]1[C@@H]2[C@@H](N(C)C)C(=O)C(C(N)=O)=C(O)[C@]2(O)C(=O)C2=C(O)c3c(O)c(-c4ccccc4)cc(N(C)C)c3C[C@@H]21. The molecule has 2 aromatic rings. The minimum absolute atomic E-state index is 0.0635. The lowest BCUT2D eigenvalue weighted by molar-refractivity contribution is -0.159. The van der Waals surface area contributed by atoms with Gasteiger partial charge in [0.1, 0.15) is 22.8 Å². The van der Waals surface area contributed by atoms with Gasteiger partial charge < -0.3 is 31.1 Å². The van der Waals surface area contributed by atoms with Gasteiger partial charge in [-0.25, -0.2) is 0 Å². The van der Waals surface area contributed by atoms with E-state index in [-0.39, 0.29) is 23.3 Å². The summed E-state index contributed by atoms with van der Waals surface area (Å²) >= 11 is 0. The van der Waals surface area contributed by atoms with E-state index in [1.165, 1.54) is 4.90 Å². The topological polar surface area (TPSA) is 165 Å². The molecule has 1 amide bonds. The average molecular weight is 548 g/mol. The van der Waals surface area contributed by atoms with Gasteiger partial charge in [-0.05, 0) is 49.5 Å². The zero-order valence-corrected chi connectivity index (χ0v) is 23.0. The Morgan fingerprint density at radius 1 is 1.05 bits per heavy atom. The molecule has 2 aromatic carbocycles. The molecule has 1 fully saturated rings. The Hall–Kier alpha value is -4.15. The second-order valence-electron chi connectivity index (χ2n) is 11.3. The van der Waals surface area contributed by atoms with Gasteiger partial charge in [0.15, 0.2) is 11.4 Å². The summed E-state index contributed by atoms with van der Waals surface area (Å²) in [7, 11) is 6.82. The van der Waals surface area contributed by atoms with Crippen molar-refractivity contribution in [3.63, 3.8) is 0 Å². The Bertz CT molecular complexity index is 1530. The van der Waals surface area contributed by atoms with Gasteiger partial charge in [0.25, 0.3) is 5.91 Å². The number of primary amides is 1. The van der Waals surface area contributed by atoms with Crippen LogP contribution in [0.15, 0.2) is 53.3 Å². The molecule has 0 bridgehead atoms. The second kappa shape index (κ2) is 9.21. The monoisotopic (exact) mass is 547 g/mol. The molecule has 1 saturated carbocycles. The fraction of sp³-hybridized carbons (Fsp3) is 0.367.